The standard InChI is InChI=1S/C28H40N6O4S/c1-37-22-13-14-25(38-2)26(17-22)39(35,36)32-19-21-11-9-20(10-12-21)18-31-28-33-24-8-4-3-7-23(24)27(34-28)30-16-6-5-15-29/h3-4,7-8,13-14,17,20-21,32H,5-6,9-12,15-16,18-19,29H2,1-2H3,(H2,30,31,33,34)/t20-,21-. The van der Waals surface area contributed by atoms with Crippen molar-refractivity contribution in [2.75, 3.05) is 51.0 Å². The van der Waals surface area contributed by atoms with E-state index in [2.05, 4.69) is 15.4 Å². The Morgan fingerprint density at radius 3 is 2.38 bits per heavy atom. The van der Waals surface area contributed by atoms with E-state index in [0.717, 1.165) is 68.3 Å². The average molecular weight is 557 g/mol. The summed E-state index contributed by atoms with van der Waals surface area (Å²) < 4.78 is 39.2. The number of fused-ring (bicyclic) bond motifs is 1. The molecule has 1 heterocycles. The molecule has 0 spiro atoms. The van der Waals surface area contributed by atoms with Gasteiger partial charge in [0.05, 0.1) is 19.7 Å². The van der Waals surface area contributed by atoms with Gasteiger partial charge in [-0.3, -0.25) is 0 Å². The number of benzene rings is 2. The number of unbranched alkanes of at least 4 members (excludes halogenated alkanes) is 1. The number of nitrogens with two attached hydrogens (primary N) is 1. The van der Waals surface area contributed by atoms with E-state index in [4.69, 9.17) is 25.2 Å². The van der Waals surface area contributed by atoms with Crippen LogP contribution in [0.15, 0.2) is 47.4 Å². The minimum absolute atomic E-state index is 0.0888. The van der Waals surface area contributed by atoms with Crippen molar-refractivity contribution in [1.82, 2.24) is 14.7 Å². The number of sulfonamides is 1. The quantitative estimate of drug-likeness (QED) is 0.217. The molecule has 0 atom stereocenters. The summed E-state index contributed by atoms with van der Waals surface area (Å²) in [5.74, 6) is 2.99. The molecule has 0 saturated heterocycles. The van der Waals surface area contributed by atoms with Crippen LogP contribution in [0.4, 0.5) is 11.8 Å². The fourth-order valence-corrected chi connectivity index (χ4v) is 6.24. The van der Waals surface area contributed by atoms with Crippen LogP contribution in [0.5, 0.6) is 11.5 Å². The Kier molecular flexibility index (Phi) is 10.2. The van der Waals surface area contributed by atoms with Crippen LogP contribution in [0.2, 0.25) is 0 Å². The van der Waals surface area contributed by atoms with Crippen LogP contribution < -0.4 is 30.6 Å². The molecule has 0 unspecified atom stereocenters. The second-order valence-corrected chi connectivity index (χ2v) is 11.7. The number of nitrogens with one attached hydrogen (secondary N) is 3. The van der Waals surface area contributed by atoms with Gasteiger partial charge in [-0.15, -0.1) is 0 Å². The summed E-state index contributed by atoms with van der Waals surface area (Å²) in [5, 5.41) is 7.89. The van der Waals surface area contributed by atoms with Crippen molar-refractivity contribution in [2.45, 2.75) is 43.4 Å². The number of para-hydroxylation sites is 1. The molecule has 5 N–H and O–H groups in total. The van der Waals surface area contributed by atoms with Crippen molar-refractivity contribution in [3.8, 4) is 11.5 Å². The number of methoxy groups -OCH3 is 2. The highest BCUT2D eigenvalue weighted by Gasteiger charge is 2.25. The highest BCUT2D eigenvalue weighted by Crippen LogP contribution is 2.31. The van der Waals surface area contributed by atoms with Gasteiger partial charge in [0.1, 0.15) is 22.2 Å². The first-order valence-electron chi connectivity index (χ1n) is 13.6. The Morgan fingerprint density at radius 1 is 0.923 bits per heavy atom. The zero-order valence-corrected chi connectivity index (χ0v) is 23.6. The second kappa shape index (κ2) is 13.8. The Bertz CT molecular complexity index is 1330. The van der Waals surface area contributed by atoms with Crippen molar-refractivity contribution in [3.63, 3.8) is 0 Å². The molecule has 10 nitrogen and oxygen atoms in total. The molecule has 0 amide bonds. The molecule has 39 heavy (non-hydrogen) atoms. The molecule has 3 aromatic rings. The van der Waals surface area contributed by atoms with E-state index >= 15 is 0 Å². The molecule has 4 rings (SSSR count). The van der Waals surface area contributed by atoms with Gasteiger partial charge in [0, 0.05) is 31.1 Å². The van der Waals surface area contributed by atoms with Crippen molar-refractivity contribution >= 4 is 32.7 Å². The number of ether oxygens (including phenoxy) is 2. The number of rotatable bonds is 14. The van der Waals surface area contributed by atoms with E-state index in [9.17, 15) is 8.42 Å². The van der Waals surface area contributed by atoms with Crippen LogP contribution in [0.3, 0.4) is 0 Å². The van der Waals surface area contributed by atoms with E-state index < -0.39 is 10.0 Å². The van der Waals surface area contributed by atoms with Crippen LogP contribution in [0.25, 0.3) is 10.9 Å². The minimum Gasteiger partial charge on any atom is -0.497 e. The summed E-state index contributed by atoms with van der Waals surface area (Å²) in [6.07, 6.45) is 5.90. The molecule has 212 valence electrons. The number of aromatic nitrogens is 2. The fraction of sp³-hybridized carbons (Fsp3) is 0.500. The number of hydrogen-bond donors (Lipinski definition) is 4. The predicted octanol–water partition coefficient (Wildman–Crippen LogP) is 3.99. The van der Waals surface area contributed by atoms with Crippen LogP contribution in [-0.4, -0.2) is 58.8 Å². The van der Waals surface area contributed by atoms with Crippen LogP contribution in [0, 0.1) is 11.8 Å². The molecule has 1 aliphatic carbocycles. The lowest BCUT2D eigenvalue weighted by Crippen LogP contribution is -2.32. The van der Waals surface area contributed by atoms with Gasteiger partial charge in [-0.1, -0.05) is 12.1 Å². The van der Waals surface area contributed by atoms with E-state index in [-0.39, 0.29) is 10.8 Å². The third-order valence-corrected chi connectivity index (χ3v) is 8.71. The third kappa shape index (κ3) is 7.71. The number of nitrogens with zero attached hydrogens (tertiary/aromatic N) is 2. The molecule has 0 aliphatic heterocycles. The monoisotopic (exact) mass is 556 g/mol. The molecule has 0 bridgehead atoms. The van der Waals surface area contributed by atoms with Gasteiger partial charge in [0.2, 0.25) is 16.0 Å². The second-order valence-electron chi connectivity index (χ2n) is 9.97. The largest absolute Gasteiger partial charge is 0.497 e. The summed E-state index contributed by atoms with van der Waals surface area (Å²) in [4.78, 5) is 9.55. The van der Waals surface area contributed by atoms with Gasteiger partial charge >= 0.3 is 0 Å². The van der Waals surface area contributed by atoms with Crippen LogP contribution in [-0.2, 0) is 10.0 Å². The van der Waals surface area contributed by atoms with Crippen molar-refractivity contribution in [3.05, 3.63) is 42.5 Å². The average Bonchev–Trinajstić information content (AvgIpc) is 2.97. The summed E-state index contributed by atoms with van der Waals surface area (Å²) in [6.45, 7) is 2.68. The maximum Gasteiger partial charge on any atom is 0.244 e. The lowest BCUT2D eigenvalue weighted by atomic mass is 9.82. The molecule has 2 aromatic carbocycles. The highest BCUT2D eigenvalue weighted by molar-refractivity contribution is 7.89. The Labute approximate surface area is 231 Å². The first-order chi connectivity index (χ1) is 18.9. The smallest absolute Gasteiger partial charge is 0.244 e. The molecule has 1 aromatic heterocycles. The number of anilines is 2. The van der Waals surface area contributed by atoms with Crippen LogP contribution >= 0.6 is 0 Å². The van der Waals surface area contributed by atoms with Gasteiger partial charge < -0.3 is 25.8 Å². The highest BCUT2D eigenvalue weighted by atomic mass is 32.2. The van der Waals surface area contributed by atoms with Gasteiger partial charge in [-0.25, -0.2) is 18.1 Å². The first kappa shape index (κ1) is 28.8. The van der Waals surface area contributed by atoms with E-state index in [0.29, 0.717) is 36.5 Å². The molecule has 1 fully saturated rings. The fourth-order valence-electron chi connectivity index (χ4n) is 4.94. The SMILES string of the molecule is COc1ccc(OC)c(S(=O)(=O)NC[C@H]2CC[C@H](CNc3nc(NCCCCN)c4ccccc4n3)CC2)c1. The van der Waals surface area contributed by atoms with Crippen molar-refractivity contribution in [2.24, 2.45) is 17.6 Å². The normalized spacial score (nSPS) is 17.6. The Balaban J connectivity index is 1.29. The lowest BCUT2D eigenvalue weighted by molar-refractivity contribution is 0.284. The van der Waals surface area contributed by atoms with Gasteiger partial charge in [0.15, 0.2) is 0 Å². The van der Waals surface area contributed by atoms with Crippen LogP contribution in [0.1, 0.15) is 38.5 Å². The molecule has 11 heteroatoms. The van der Waals surface area contributed by atoms with Gasteiger partial charge in [0.25, 0.3) is 0 Å². The molecular formula is C28H40N6O4S. The Hall–Kier alpha value is -3.15. The first-order valence-corrected chi connectivity index (χ1v) is 15.1. The Morgan fingerprint density at radius 2 is 1.67 bits per heavy atom. The lowest BCUT2D eigenvalue weighted by Gasteiger charge is -2.28. The molecule has 1 aliphatic rings. The van der Waals surface area contributed by atoms with E-state index in [1.54, 1.807) is 12.1 Å². The third-order valence-electron chi connectivity index (χ3n) is 7.26. The maximum atomic E-state index is 13.0. The summed E-state index contributed by atoms with van der Waals surface area (Å²) in [5.41, 5.74) is 6.52. The molecule has 1 saturated carbocycles. The van der Waals surface area contributed by atoms with E-state index in [1.165, 1.54) is 20.3 Å². The molecular weight excluding hydrogens is 516 g/mol. The van der Waals surface area contributed by atoms with E-state index in [1.807, 2.05) is 24.3 Å². The predicted molar refractivity (Wildman–Crippen MR) is 155 cm³/mol. The zero-order valence-electron chi connectivity index (χ0n) is 22.8. The van der Waals surface area contributed by atoms with Crippen molar-refractivity contribution in [1.29, 1.82) is 0 Å². The van der Waals surface area contributed by atoms with Crippen molar-refractivity contribution < 1.29 is 17.9 Å². The minimum atomic E-state index is -3.72. The molecule has 0 radical (unpaired) electrons. The van der Waals surface area contributed by atoms with Gasteiger partial charge in [-0.2, -0.15) is 4.98 Å². The maximum absolute atomic E-state index is 13.0. The zero-order chi connectivity index (χ0) is 27.7. The summed E-state index contributed by atoms with van der Waals surface area (Å²) >= 11 is 0. The van der Waals surface area contributed by atoms with Gasteiger partial charge in [-0.05, 0) is 81.2 Å². The number of hydrogen-bond acceptors (Lipinski definition) is 9. The summed E-state index contributed by atoms with van der Waals surface area (Å²) in [7, 11) is -0.759. The summed E-state index contributed by atoms with van der Waals surface area (Å²) in [6, 6.07) is 12.8. The topological polar surface area (TPSA) is 140 Å².